The van der Waals surface area contributed by atoms with Crippen molar-refractivity contribution in [1.82, 2.24) is 0 Å². The van der Waals surface area contributed by atoms with Crippen LogP contribution in [0.5, 0.6) is 0 Å². The van der Waals surface area contributed by atoms with E-state index >= 15 is 0 Å². The molecule has 0 atom stereocenters. The van der Waals surface area contributed by atoms with Crippen LogP contribution in [0, 0.1) is 5.82 Å². The molecule has 1 heterocycles. The first-order valence-corrected chi connectivity index (χ1v) is 11.9. The number of sulfonamides is 1. The summed E-state index contributed by atoms with van der Waals surface area (Å²) in [5, 5.41) is 2.83. The maximum atomic E-state index is 13.0. The second-order valence-electron chi connectivity index (χ2n) is 7.68. The van der Waals surface area contributed by atoms with Crippen LogP contribution < -0.4 is 14.9 Å². The molecule has 2 amide bonds. The Kier molecular flexibility index (Phi) is 6.41. The van der Waals surface area contributed by atoms with Gasteiger partial charge in [-0.3, -0.25) is 14.3 Å². The number of nitrogens with zero attached hydrogens (tertiary/aromatic N) is 1. The number of hydrogen-bond acceptors (Lipinski definition) is 4. The average molecular weight is 468 g/mol. The smallest absolute Gasteiger partial charge is 0.261 e. The third kappa shape index (κ3) is 5.56. The summed E-state index contributed by atoms with van der Waals surface area (Å²) in [4.78, 5) is 26.1. The van der Waals surface area contributed by atoms with Crippen LogP contribution in [-0.2, 0) is 26.0 Å². The highest BCUT2D eigenvalue weighted by atomic mass is 32.2. The summed E-state index contributed by atoms with van der Waals surface area (Å²) in [6.07, 6.45) is 1.45. The Bertz CT molecular complexity index is 1280. The number of hydrogen-bond donors (Lipinski definition) is 2. The van der Waals surface area contributed by atoms with Crippen LogP contribution in [-0.4, -0.2) is 26.8 Å². The first-order valence-electron chi connectivity index (χ1n) is 10.4. The van der Waals surface area contributed by atoms with Gasteiger partial charge in [0.1, 0.15) is 5.82 Å². The molecule has 3 aromatic rings. The van der Waals surface area contributed by atoms with E-state index < -0.39 is 15.8 Å². The Labute approximate surface area is 191 Å². The highest BCUT2D eigenvalue weighted by molar-refractivity contribution is 7.92. The van der Waals surface area contributed by atoms with Crippen molar-refractivity contribution in [3.8, 4) is 0 Å². The van der Waals surface area contributed by atoms with E-state index in [4.69, 9.17) is 0 Å². The summed E-state index contributed by atoms with van der Waals surface area (Å²) in [6, 6.07) is 18.1. The normalized spacial score (nSPS) is 13.7. The summed E-state index contributed by atoms with van der Waals surface area (Å²) in [5.41, 5.74) is 2.38. The predicted octanol–water partition coefficient (Wildman–Crippen LogP) is 3.93. The largest absolute Gasteiger partial charge is 0.326 e. The fraction of sp³-hybridized carbons (Fsp3) is 0.167. The molecule has 0 aromatic heterocycles. The van der Waals surface area contributed by atoms with Crippen molar-refractivity contribution in [3.05, 3.63) is 84.2 Å². The molecule has 1 aliphatic heterocycles. The molecule has 7 nitrogen and oxygen atoms in total. The van der Waals surface area contributed by atoms with E-state index in [0.29, 0.717) is 29.9 Å². The lowest BCUT2D eigenvalue weighted by atomic mass is 10.1. The highest BCUT2D eigenvalue weighted by Crippen LogP contribution is 2.24. The van der Waals surface area contributed by atoms with E-state index in [1.807, 2.05) is 6.07 Å². The zero-order valence-corrected chi connectivity index (χ0v) is 18.4. The fourth-order valence-electron chi connectivity index (χ4n) is 3.58. The molecule has 0 bridgehead atoms. The Balaban J connectivity index is 1.36. The third-order valence-corrected chi connectivity index (χ3v) is 6.61. The number of amides is 2. The van der Waals surface area contributed by atoms with Gasteiger partial charge in [0.05, 0.1) is 11.3 Å². The molecule has 1 aliphatic rings. The van der Waals surface area contributed by atoms with Gasteiger partial charge in [-0.15, -0.1) is 0 Å². The maximum Gasteiger partial charge on any atom is 0.261 e. The quantitative estimate of drug-likeness (QED) is 0.550. The van der Waals surface area contributed by atoms with Crippen molar-refractivity contribution in [2.45, 2.75) is 24.2 Å². The first-order chi connectivity index (χ1) is 15.8. The molecular formula is C24H22FN3O4S. The van der Waals surface area contributed by atoms with E-state index in [-0.39, 0.29) is 23.1 Å². The first kappa shape index (κ1) is 22.5. The number of halogens is 1. The SMILES string of the molecule is O=C(Cc1ccc(NS(=O)(=O)c2ccc(F)cc2)cc1)Nc1cccc(N2CCCC2=O)c1. The molecule has 33 heavy (non-hydrogen) atoms. The lowest BCUT2D eigenvalue weighted by Crippen LogP contribution is -2.23. The van der Waals surface area contributed by atoms with Gasteiger partial charge in [-0.25, -0.2) is 12.8 Å². The van der Waals surface area contributed by atoms with Crippen molar-refractivity contribution in [1.29, 1.82) is 0 Å². The highest BCUT2D eigenvalue weighted by Gasteiger charge is 2.21. The molecule has 0 radical (unpaired) electrons. The number of rotatable bonds is 7. The number of carbonyl (C=O) groups excluding carboxylic acids is 2. The number of anilines is 3. The summed E-state index contributed by atoms with van der Waals surface area (Å²) >= 11 is 0. The molecule has 9 heteroatoms. The van der Waals surface area contributed by atoms with Crippen molar-refractivity contribution < 1.29 is 22.4 Å². The third-order valence-electron chi connectivity index (χ3n) is 5.21. The molecule has 3 aromatic carbocycles. The van der Waals surface area contributed by atoms with Crippen molar-refractivity contribution in [3.63, 3.8) is 0 Å². The number of benzene rings is 3. The van der Waals surface area contributed by atoms with Gasteiger partial charge in [0, 0.05) is 30.0 Å². The second-order valence-corrected chi connectivity index (χ2v) is 9.36. The Morgan fingerprint density at radius 2 is 1.70 bits per heavy atom. The zero-order valence-electron chi connectivity index (χ0n) is 17.6. The van der Waals surface area contributed by atoms with E-state index in [1.165, 1.54) is 12.1 Å². The number of nitrogens with one attached hydrogen (secondary N) is 2. The molecule has 0 unspecified atom stereocenters. The molecule has 4 rings (SSSR count). The van der Waals surface area contributed by atoms with Gasteiger partial charge in [0.15, 0.2) is 0 Å². The second kappa shape index (κ2) is 9.41. The van der Waals surface area contributed by atoms with E-state index in [2.05, 4.69) is 10.0 Å². The minimum absolute atomic E-state index is 0.0507. The standard InChI is InChI=1S/C24H22FN3O4S/c25-18-8-12-22(13-9-18)33(31,32)27-19-10-6-17(7-11-19)15-23(29)26-20-3-1-4-21(16-20)28-14-2-5-24(28)30/h1,3-4,6-13,16,27H,2,5,14-15H2,(H,26,29). The summed E-state index contributed by atoms with van der Waals surface area (Å²) in [7, 11) is -3.85. The molecule has 1 saturated heterocycles. The summed E-state index contributed by atoms with van der Waals surface area (Å²) in [6.45, 7) is 0.674. The van der Waals surface area contributed by atoms with Gasteiger partial charge in [0.2, 0.25) is 11.8 Å². The molecule has 0 saturated carbocycles. The van der Waals surface area contributed by atoms with Gasteiger partial charge in [-0.1, -0.05) is 18.2 Å². The fourth-order valence-corrected chi connectivity index (χ4v) is 4.64. The Hall–Kier alpha value is -3.72. The average Bonchev–Trinajstić information content (AvgIpc) is 3.21. The minimum Gasteiger partial charge on any atom is -0.326 e. The van der Waals surface area contributed by atoms with Gasteiger partial charge >= 0.3 is 0 Å². The van der Waals surface area contributed by atoms with Crippen LogP contribution in [0.15, 0.2) is 77.7 Å². The molecule has 0 spiro atoms. The van der Waals surface area contributed by atoms with E-state index in [9.17, 15) is 22.4 Å². The monoisotopic (exact) mass is 467 g/mol. The minimum atomic E-state index is -3.85. The molecule has 2 N–H and O–H groups in total. The van der Waals surface area contributed by atoms with E-state index in [0.717, 1.165) is 24.2 Å². The number of carbonyl (C=O) groups is 2. The van der Waals surface area contributed by atoms with Crippen molar-refractivity contribution >= 4 is 38.9 Å². The van der Waals surface area contributed by atoms with Crippen molar-refractivity contribution in [2.75, 3.05) is 21.5 Å². The zero-order chi connectivity index (χ0) is 23.4. The van der Waals surface area contributed by atoms with Crippen molar-refractivity contribution in [2.24, 2.45) is 0 Å². The van der Waals surface area contributed by atoms with Gasteiger partial charge in [0.25, 0.3) is 10.0 Å². The molecule has 170 valence electrons. The summed E-state index contributed by atoms with van der Waals surface area (Å²) < 4.78 is 40.3. The Morgan fingerprint density at radius 1 is 0.970 bits per heavy atom. The van der Waals surface area contributed by atoms with Crippen LogP contribution in [0.4, 0.5) is 21.5 Å². The van der Waals surface area contributed by atoms with Gasteiger partial charge in [-0.2, -0.15) is 0 Å². The summed E-state index contributed by atoms with van der Waals surface area (Å²) in [5.74, 6) is -0.680. The van der Waals surface area contributed by atoms with Crippen LogP contribution in [0.1, 0.15) is 18.4 Å². The van der Waals surface area contributed by atoms with Crippen LogP contribution >= 0.6 is 0 Å². The topological polar surface area (TPSA) is 95.6 Å². The van der Waals surface area contributed by atoms with Gasteiger partial charge < -0.3 is 10.2 Å². The van der Waals surface area contributed by atoms with Gasteiger partial charge in [-0.05, 0) is 66.6 Å². The molecular weight excluding hydrogens is 445 g/mol. The molecule has 0 aliphatic carbocycles. The van der Waals surface area contributed by atoms with Crippen LogP contribution in [0.25, 0.3) is 0 Å². The lowest BCUT2D eigenvalue weighted by molar-refractivity contribution is -0.117. The van der Waals surface area contributed by atoms with E-state index in [1.54, 1.807) is 47.4 Å². The van der Waals surface area contributed by atoms with Crippen LogP contribution in [0.2, 0.25) is 0 Å². The predicted molar refractivity (Wildman–Crippen MR) is 124 cm³/mol. The lowest BCUT2D eigenvalue weighted by Gasteiger charge is -2.16. The van der Waals surface area contributed by atoms with Crippen LogP contribution in [0.3, 0.4) is 0 Å². The Morgan fingerprint density at radius 3 is 2.36 bits per heavy atom. The maximum absolute atomic E-state index is 13.0. The molecule has 1 fully saturated rings.